The molecule has 1 heterocycles. The summed E-state index contributed by atoms with van der Waals surface area (Å²) < 4.78 is 27.1. The number of allylic oxidation sites excluding steroid dienone is 2. The first-order valence-corrected chi connectivity index (χ1v) is 11.5. The van der Waals surface area contributed by atoms with Crippen molar-refractivity contribution >= 4 is 46.6 Å². The molecule has 1 aromatic carbocycles. The maximum atomic E-state index is 14.3. The molecule has 0 aliphatic rings. The zero-order valence-electron chi connectivity index (χ0n) is 18.0. The van der Waals surface area contributed by atoms with E-state index < -0.39 is 6.61 Å². The molecule has 0 amide bonds. The molecule has 2 rings (SSSR count). The van der Waals surface area contributed by atoms with Gasteiger partial charge in [-0.25, -0.2) is 18.8 Å². The van der Waals surface area contributed by atoms with E-state index in [0.29, 0.717) is 39.8 Å². The molecule has 0 spiro atoms. The van der Waals surface area contributed by atoms with Crippen LogP contribution in [0.1, 0.15) is 34.1 Å². The summed E-state index contributed by atoms with van der Waals surface area (Å²) in [6.07, 6.45) is 4.83. The van der Waals surface area contributed by atoms with E-state index in [1.165, 1.54) is 40.9 Å². The van der Waals surface area contributed by atoms with Crippen LogP contribution in [-0.2, 0) is 5.75 Å². The Morgan fingerprint density at radius 2 is 2.19 bits per heavy atom. The summed E-state index contributed by atoms with van der Waals surface area (Å²) in [4.78, 5) is 26.0. The van der Waals surface area contributed by atoms with E-state index in [9.17, 15) is 13.6 Å². The summed E-state index contributed by atoms with van der Waals surface area (Å²) >= 11 is 2.43. The second-order valence-corrected chi connectivity index (χ2v) is 8.38. The summed E-state index contributed by atoms with van der Waals surface area (Å²) in [6.45, 7) is 3.20. The molecule has 1 N–H and O–H groups in total. The number of nitrogens with zero attached hydrogens (tertiary/aromatic N) is 4. The summed E-state index contributed by atoms with van der Waals surface area (Å²) in [5.74, 6) is 0.239. The highest BCUT2D eigenvalue weighted by Gasteiger charge is 2.15. The van der Waals surface area contributed by atoms with Crippen LogP contribution >= 0.6 is 23.1 Å². The molecule has 0 atom stereocenters. The van der Waals surface area contributed by atoms with Gasteiger partial charge in [-0.2, -0.15) is 0 Å². The molecule has 170 valence electrons. The van der Waals surface area contributed by atoms with Crippen molar-refractivity contribution in [2.45, 2.75) is 26.0 Å². The molecule has 0 aliphatic heterocycles. The van der Waals surface area contributed by atoms with E-state index >= 15 is 0 Å². The molecule has 10 heteroatoms. The Balaban J connectivity index is 2.41. The van der Waals surface area contributed by atoms with Crippen molar-refractivity contribution in [3.63, 3.8) is 0 Å². The van der Waals surface area contributed by atoms with Gasteiger partial charge in [-0.3, -0.25) is 9.79 Å². The quantitative estimate of drug-likeness (QED) is 0.296. The average molecular weight is 479 g/mol. The number of carbonyl (C=O) groups is 1. The van der Waals surface area contributed by atoms with Crippen LogP contribution in [0.15, 0.2) is 57.5 Å². The van der Waals surface area contributed by atoms with Crippen LogP contribution in [0, 0.1) is 12.7 Å². The number of hydrogen-bond acceptors (Lipinski definition) is 7. The predicted octanol–water partition coefficient (Wildman–Crippen LogP) is 5.42. The molecular weight excluding hydrogens is 454 g/mol. The van der Waals surface area contributed by atoms with Crippen LogP contribution in [0.25, 0.3) is 0 Å². The minimum Gasteiger partial charge on any atom is -0.390 e. The topological polar surface area (TPSA) is 78.2 Å². The summed E-state index contributed by atoms with van der Waals surface area (Å²) in [7, 11) is 1.73. The van der Waals surface area contributed by atoms with Gasteiger partial charge in [0.15, 0.2) is 17.3 Å². The minimum absolute atomic E-state index is 0.129. The number of carbonyl (C=O) groups excluding carboxylic acids is 1. The Labute approximate surface area is 194 Å². The molecule has 0 aliphatic carbocycles. The molecular formula is C22H24F2N4O2S2. The van der Waals surface area contributed by atoms with Crippen molar-refractivity contribution in [2.75, 3.05) is 13.7 Å². The fourth-order valence-electron chi connectivity index (χ4n) is 2.47. The molecule has 0 fully saturated rings. The van der Waals surface area contributed by atoms with Gasteiger partial charge in [0.25, 0.3) is 0 Å². The number of aliphatic imine (C=N–C) groups is 2. The van der Waals surface area contributed by atoms with Crippen molar-refractivity contribution in [2.24, 2.45) is 9.98 Å². The SMILES string of the molecule is CC\C=C(/C=N\C(=C\F)CO)N(C)/C(=N\c1ncsc1C=O)SCc1ccc(C)cc1F. The molecule has 0 saturated heterocycles. The third kappa shape index (κ3) is 7.18. The highest BCUT2D eigenvalue weighted by Crippen LogP contribution is 2.26. The number of aldehydes is 1. The second-order valence-electron chi connectivity index (χ2n) is 6.55. The Kier molecular flexibility index (Phi) is 10.4. The number of thiazole rings is 1. The number of benzene rings is 1. The number of aliphatic hydroxyl groups is 1. The lowest BCUT2D eigenvalue weighted by Gasteiger charge is -2.22. The van der Waals surface area contributed by atoms with Crippen LogP contribution in [0.2, 0.25) is 0 Å². The van der Waals surface area contributed by atoms with Crippen LogP contribution in [0.3, 0.4) is 0 Å². The lowest BCUT2D eigenvalue weighted by Crippen LogP contribution is -2.25. The van der Waals surface area contributed by atoms with E-state index in [-0.39, 0.29) is 23.7 Å². The highest BCUT2D eigenvalue weighted by molar-refractivity contribution is 8.13. The van der Waals surface area contributed by atoms with Gasteiger partial charge < -0.3 is 10.0 Å². The third-order valence-electron chi connectivity index (χ3n) is 4.19. The molecule has 6 nitrogen and oxygen atoms in total. The molecule has 0 radical (unpaired) electrons. The number of aromatic nitrogens is 1. The van der Waals surface area contributed by atoms with E-state index in [1.807, 2.05) is 26.0 Å². The summed E-state index contributed by atoms with van der Waals surface area (Å²) in [5.41, 5.74) is 3.31. The maximum Gasteiger partial charge on any atom is 0.176 e. The summed E-state index contributed by atoms with van der Waals surface area (Å²) in [5, 5.41) is 9.59. The Hall–Kier alpha value is -2.69. The summed E-state index contributed by atoms with van der Waals surface area (Å²) in [6, 6.07) is 5.02. The Morgan fingerprint density at radius 3 is 2.81 bits per heavy atom. The first-order chi connectivity index (χ1) is 15.4. The smallest absolute Gasteiger partial charge is 0.176 e. The number of hydrogen-bond donors (Lipinski definition) is 1. The first kappa shape index (κ1) is 25.6. The van der Waals surface area contributed by atoms with E-state index in [1.54, 1.807) is 18.0 Å². The van der Waals surface area contributed by atoms with Gasteiger partial charge in [0.1, 0.15) is 17.0 Å². The van der Waals surface area contributed by atoms with Gasteiger partial charge in [-0.1, -0.05) is 36.9 Å². The fourth-order valence-corrected chi connectivity index (χ4v) is 3.96. The third-order valence-corrected chi connectivity index (χ3v) is 6.01. The van der Waals surface area contributed by atoms with Crippen LogP contribution in [0.5, 0.6) is 0 Å². The van der Waals surface area contributed by atoms with Crippen molar-refractivity contribution in [3.8, 4) is 0 Å². The average Bonchev–Trinajstić information content (AvgIpc) is 3.24. The van der Waals surface area contributed by atoms with E-state index in [0.717, 1.165) is 5.56 Å². The number of thioether (sulfide) groups is 1. The number of aryl methyl sites for hydroxylation is 1. The number of halogens is 2. The van der Waals surface area contributed by atoms with Crippen molar-refractivity contribution in [3.05, 3.63) is 69.3 Å². The molecule has 2 aromatic rings. The first-order valence-electron chi connectivity index (χ1n) is 9.66. The van der Waals surface area contributed by atoms with Gasteiger partial charge in [-0.15, -0.1) is 11.3 Å². The number of amidine groups is 1. The van der Waals surface area contributed by atoms with Gasteiger partial charge in [0.2, 0.25) is 0 Å². The molecule has 0 bridgehead atoms. The van der Waals surface area contributed by atoms with Crippen molar-refractivity contribution in [1.29, 1.82) is 0 Å². The largest absolute Gasteiger partial charge is 0.390 e. The van der Waals surface area contributed by atoms with Crippen LogP contribution in [0.4, 0.5) is 14.6 Å². The lowest BCUT2D eigenvalue weighted by molar-refractivity contribution is 0.112. The zero-order chi connectivity index (χ0) is 23.5. The standard InChI is InChI=1S/C22H24F2N4O2S2/c1-4-5-18(10-25-17(9-23)11-29)28(3)22(27-21-20(12-30)32-14-26-21)31-13-16-7-6-15(2)8-19(16)24/h5-10,12,14,29H,4,11,13H2,1-3H3/b17-9+,18-5+,25-10-,27-22+. The fraction of sp³-hybridized carbons (Fsp3) is 0.273. The highest BCUT2D eigenvalue weighted by atomic mass is 32.2. The molecule has 0 saturated carbocycles. The minimum atomic E-state index is -0.542. The molecule has 0 unspecified atom stereocenters. The van der Waals surface area contributed by atoms with Gasteiger partial charge >= 0.3 is 0 Å². The number of aliphatic hydroxyl groups excluding tert-OH is 1. The Morgan fingerprint density at radius 1 is 1.41 bits per heavy atom. The predicted molar refractivity (Wildman–Crippen MR) is 128 cm³/mol. The Bertz CT molecular complexity index is 1050. The normalized spacial score (nSPS) is 13.1. The van der Waals surface area contributed by atoms with Crippen LogP contribution in [-0.4, -0.2) is 46.3 Å². The van der Waals surface area contributed by atoms with Crippen LogP contribution < -0.4 is 0 Å². The van der Waals surface area contributed by atoms with Gasteiger partial charge in [0, 0.05) is 12.8 Å². The monoisotopic (exact) mass is 478 g/mol. The second kappa shape index (κ2) is 13.0. The van der Waals surface area contributed by atoms with Crippen molar-refractivity contribution < 1.29 is 18.7 Å². The van der Waals surface area contributed by atoms with E-state index in [4.69, 9.17) is 5.11 Å². The molecule has 32 heavy (non-hydrogen) atoms. The van der Waals surface area contributed by atoms with Gasteiger partial charge in [0.05, 0.1) is 29.7 Å². The maximum absolute atomic E-state index is 14.3. The molecule has 1 aromatic heterocycles. The lowest BCUT2D eigenvalue weighted by atomic mass is 10.2. The van der Waals surface area contributed by atoms with Crippen molar-refractivity contribution in [1.82, 2.24) is 9.88 Å². The zero-order valence-corrected chi connectivity index (χ0v) is 19.6. The number of rotatable bonds is 9. The van der Waals surface area contributed by atoms with E-state index in [2.05, 4.69) is 15.0 Å². The van der Waals surface area contributed by atoms with Gasteiger partial charge in [-0.05, 0) is 30.5 Å².